The van der Waals surface area contributed by atoms with E-state index in [0.717, 1.165) is 5.56 Å². The van der Waals surface area contributed by atoms with Gasteiger partial charge in [0, 0.05) is 24.3 Å². The number of nitrogen functional groups attached to an aromatic ring is 1. The maximum Gasteiger partial charge on any atom is 0.308 e. The number of carboxylic acid groups (broad SMARTS) is 1. The van der Waals surface area contributed by atoms with Crippen molar-refractivity contribution in [1.29, 1.82) is 0 Å². The van der Waals surface area contributed by atoms with Crippen LogP contribution in [0.1, 0.15) is 12.0 Å². The molecule has 0 aliphatic carbocycles. The number of amides is 1. The summed E-state index contributed by atoms with van der Waals surface area (Å²) in [6, 6.07) is 5.29. The standard InChI is InChI=1S/C12H14N2O3/c1-7-2-3-9(13)5-10(7)14-6-8(12(16)17)4-11(14)15/h2-3,5,8H,4,6,13H2,1H3,(H,16,17). The van der Waals surface area contributed by atoms with Crippen LogP contribution in [0.3, 0.4) is 0 Å². The number of aliphatic carboxylic acids is 1. The molecule has 5 heteroatoms. The average Bonchev–Trinajstić information content (AvgIpc) is 2.64. The Morgan fingerprint density at radius 3 is 2.82 bits per heavy atom. The molecule has 0 aromatic heterocycles. The van der Waals surface area contributed by atoms with Crippen molar-refractivity contribution >= 4 is 23.3 Å². The highest BCUT2D eigenvalue weighted by Gasteiger charge is 2.35. The van der Waals surface area contributed by atoms with Crippen LogP contribution in [0.2, 0.25) is 0 Å². The Morgan fingerprint density at radius 1 is 1.53 bits per heavy atom. The molecule has 1 heterocycles. The monoisotopic (exact) mass is 234 g/mol. The third kappa shape index (κ3) is 2.08. The van der Waals surface area contributed by atoms with Crippen LogP contribution in [0.5, 0.6) is 0 Å². The number of carbonyl (C=O) groups excluding carboxylic acids is 1. The predicted molar refractivity (Wildman–Crippen MR) is 63.7 cm³/mol. The van der Waals surface area contributed by atoms with Crippen LogP contribution in [-0.4, -0.2) is 23.5 Å². The van der Waals surface area contributed by atoms with Crippen molar-refractivity contribution in [3.05, 3.63) is 23.8 Å². The van der Waals surface area contributed by atoms with Crippen molar-refractivity contribution in [2.75, 3.05) is 17.2 Å². The highest BCUT2D eigenvalue weighted by molar-refractivity contribution is 6.00. The van der Waals surface area contributed by atoms with Gasteiger partial charge in [0.25, 0.3) is 0 Å². The van der Waals surface area contributed by atoms with Gasteiger partial charge in [0.1, 0.15) is 0 Å². The number of hydrogen-bond donors (Lipinski definition) is 2. The van der Waals surface area contributed by atoms with Crippen molar-refractivity contribution in [3.8, 4) is 0 Å². The molecule has 0 radical (unpaired) electrons. The summed E-state index contributed by atoms with van der Waals surface area (Å²) in [5.74, 6) is -1.71. The summed E-state index contributed by atoms with van der Waals surface area (Å²) in [7, 11) is 0. The first-order valence-electron chi connectivity index (χ1n) is 5.38. The maximum absolute atomic E-state index is 11.8. The highest BCUT2D eigenvalue weighted by atomic mass is 16.4. The molecular formula is C12H14N2O3. The number of carbonyl (C=O) groups is 2. The zero-order valence-electron chi connectivity index (χ0n) is 9.51. The fourth-order valence-corrected chi connectivity index (χ4v) is 2.02. The van der Waals surface area contributed by atoms with E-state index in [1.54, 1.807) is 12.1 Å². The topological polar surface area (TPSA) is 83.6 Å². The van der Waals surface area contributed by atoms with Crippen molar-refractivity contribution in [3.63, 3.8) is 0 Å². The maximum atomic E-state index is 11.8. The van der Waals surface area contributed by atoms with E-state index in [-0.39, 0.29) is 18.9 Å². The lowest BCUT2D eigenvalue weighted by Crippen LogP contribution is -2.26. The molecule has 17 heavy (non-hydrogen) atoms. The molecule has 0 spiro atoms. The Labute approximate surface area is 98.8 Å². The van der Waals surface area contributed by atoms with E-state index in [1.807, 2.05) is 13.0 Å². The van der Waals surface area contributed by atoms with Crippen LogP contribution in [-0.2, 0) is 9.59 Å². The Hall–Kier alpha value is -2.04. The summed E-state index contributed by atoms with van der Waals surface area (Å²) < 4.78 is 0. The van der Waals surface area contributed by atoms with Gasteiger partial charge >= 0.3 is 5.97 Å². The smallest absolute Gasteiger partial charge is 0.308 e. The molecule has 1 aromatic carbocycles. The molecule has 5 nitrogen and oxygen atoms in total. The van der Waals surface area contributed by atoms with E-state index in [2.05, 4.69) is 0 Å². The minimum atomic E-state index is -0.928. The Morgan fingerprint density at radius 2 is 2.24 bits per heavy atom. The van der Waals surface area contributed by atoms with E-state index in [0.29, 0.717) is 11.4 Å². The Bertz CT molecular complexity index is 485. The largest absolute Gasteiger partial charge is 0.481 e. The zero-order valence-corrected chi connectivity index (χ0v) is 9.51. The SMILES string of the molecule is Cc1ccc(N)cc1N1CC(C(=O)O)CC1=O. The normalized spacial score (nSPS) is 19.7. The summed E-state index contributed by atoms with van der Waals surface area (Å²) in [6.07, 6.45) is 0.0591. The second-order valence-corrected chi connectivity index (χ2v) is 4.29. The quantitative estimate of drug-likeness (QED) is 0.748. The van der Waals surface area contributed by atoms with Crippen molar-refractivity contribution < 1.29 is 14.7 Å². The number of hydrogen-bond acceptors (Lipinski definition) is 3. The van der Waals surface area contributed by atoms with Gasteiger partial charge in [0.15, 0.2) is 0 Å². The molecule has 1 unspecified atom stereocenters. The predicted octanol–water partition coefficient (Wildman–Crippen LogP) is 1.01. The molecule has 2 rings (SSSR count). The average molecular weight is 234 g/mol. The van der Waals surface area contributed by atoms with Gasteiger partial charge in [0.2, 0.25) is 5.91 Å². The number of aryl methyl sites for hydroxylation is 1. The molecule has 1 aliphatic rings. The summed E-state index contributed by atoms with van der Waals surface area (Å²) in [4.78, 5) is 24.2. The van der Waals surface area contributed by atoms with E-state index in [9.17, 15) is 9.59 Å². The van der Waals surface area contributed by atoms with Gasteiger partial charge in [-0.25, -0.2) is 0 Å². The van der Waals surface area contributed by atoms with Gasteiger partial charge in [0.05, 0.1) is 5.92 Å². The Kier molecular flexibility index (Phi) is 2.75. The lowest BCUT2D eigenvalue weighted by Gasteiger charge is -2.19. The first-order chi connectivity index (χ1) is 7.99. The third-order valence-electron chi connectivity index (χ3n) is 3.00. The molecule has 1 amide bonds. The van der Waals surface area contributed by atoms with Crippen LogP contribution in [0, 0.1) is 12.8 Å². The van der Waals surface area contributed by atoms with Gasteiger partial charge in [-0.05, 0) is 24.6 Å². The first-order valence-corrected chi connectivity index (χ1v) is 5.38. The van der Waals surface area contributed by atoms with Gasteiger partial charge in [-0.2, -0.15) is 0 Å². The summed E-state index contributed by atoms with van der Waals surface area (Å²) in [5.41, 5.74) is 7.87. The number of anilines is 2. The van der Waals surface area contributed by atoms with Crippen molar-refractivity contribution in [2.24, 2.45) is 5.92 Å². The fraction of sp³-hybridized carbons (Fsp3) is 0.333. The molecular weight excluding hydrogens is 220 g/mol. The number of rotatable bonds is 2. The summed E-state index contributed by atoms with van der Waals surface area (Å²) in [5, 5.41) is 8.92. The van der Waals surface area contributed by atoms with E-state index in [1.165, 1.54) is 4.90 Å². The van der Waals surface area contributed by atoms with Crippen LogP contribution < -0.4 is 10.6 Å². The van der Waals surface area contributed by atoms with Crippen LogP contribution >= 0.6 is 0 Å². The lowest BCUT2D eigenvalue weighted by molar-refractivity contribution is -0.141. The molecule has 1 saturated heterocycles. The van der Waals surface area contributed by atoms with E-state index in [4.69, 9.17) is 10.8 Å². The summed E-state index contributed by atoms with van der Waals surface area (Å²) in [6.45, 7) is 2.09. The fourth-order valence-electron chi connectivity index (χ4n) is 2.02. The van der Waals surface area contributed by atoms with Crippen molar-refractivity contribution in [1.82, 2.24) is 0 Å². The molecule has 1 aromatic rings. The molecule has 90 valence electrons. The van der Waals surface area contributed by atoms with Crippen LogP contribution in [0.25, 0.3) is 0 Å². The molecule has 0 bridgehead atoms. The zero-order chi connectivity index (χ0) is 12.6. The Balaban J connectivity index is 2.32. The van der Waals surface area contributed by atoms with Crippen molar-refractivity contribution in [2.45, 2.75) is 13.3 Å². The van der Waals surface area contributed by atoms with E-state index < -0.39 is 11.9 Å². The van der Waals surface area contributed by atoms with Crippen LogP contribution in [0.15, 0.2) is 18.2 Å². The number of carboxylic acids is 1. The number of benzene rings is 1. The number of nitrogens with two attached hydrogens (primary N) is 1. The first kappa shape index (κ1) is 11.4. The molecule has 1 atom stereocenters. The minimum Gasteiger partial charge on any atom is -0.481 e. The highest BCUT2D eigenvalue weighted by Crippen LogP contribution is 2.29. The van der Waals surface area contributed by atoms with Gasteiger partial charge < -0.3 is 15.7 Å². The number of nitrogens with zero attached hydrogens (tertiary/aromatic N) is 1. The lowest BCUT2D eigenvalue weighted by atomic mass is 10.1. The van der Waals surface area contributed by atoms with Gasteiger partial charge in [-0.1, -0.05) is 6.07 Å². The van der Waals surface area contributed by atoms with E-state index >= 15 is 0 Å². The van der Waals surface area contributed by atoms with Gasteiger partial charge in [-0.3, -0.25) is 9.59 Å². The minimum absolute atomic E-state index is 0.0591. The second kappa shape index (κ2) is 4.08. The third-order valence-corrected chi connectivity index (χ3v) is 3.00. The molecule has 3 N–H and O–H groups in total. The second-order valence-electron chi connectivity index (χ2n) is 4.29. The molecule has 1 fully saturated rings. The van der Waals surface area contributed by atoms with Gasteiger partial charge in [-0.15, -0.1) is 0 Å². The van der Waals surface area contributed by atoms with Crippen LogP contribution in [0.4, 0.5) is 11.4 Å². The molecule has 1 aliphatic heterocycles. The molecule has 0 saturated carbocycles. The summed E-state index contributed by atoms with van der Waals surface area (Å²) >= 11 is 0.